The van der Waals surface area contributed by atoms with Crippen molar-refractivity contribution in [2.24, 2.45) is 0 Å². The number of aromatic nitrogens is 2. The van der Waals surface area contributed by atoms with E-state index >= 15 is 0 Å². The van der Waals surface area contributed by atoms with Crippen molar-refractivity contribution in [3.63, 3.8) is 0 Å². The molecule has 3 heteroatoms. The van der Waals surface area contributed by atoms with Crippen molar-refractivity contribution >= 4 is 0 Å². The van der Waals surface area contributed by atoms with Crippen molar-refractivity contribution in [2.75, 3.05) is 0 Å². The third kappa shape index (κ3) is 1.48. The number of hydrogen-bond acceptors (Lipinski definition) is 2. The van der Waals surface area contributed by atoms with E-state index in [-0.39, 0.29) is 5.75 Å². The SMILES string of the molecule is CCn1cncc1-c1cccc(O)c1. The molecule has 0 spiro atoms. The van der Waals surface area contributed by atoms with Crippen LogP contribution in [-0.4, -0.2) is 14.7 Å². The molecule has 0 amide bonds. The second-order valence-corrected chi connectivity index (χ2v) is 3.12. The molecule has 3 nitrogen and oxygen atoms in total. The second kappa shape index (κ2) is 3.54. The molecule has 0 aliphatic heterocycles. The lowest BCUT2D eigenvalue weighted by Gasteiger charge is -2.04. The summed E-state index contributed by atoms with van der Waals surface area (Å²) in [5.74, 6) is 0.284. The standard InChI is InChI=1S/C11H12N2O/c1-2-13-8-12-7-11(13)9-4-3-5-10(14)6-9/h3-8,14H,2H2,1H3. The van der Waals surface area contributed by atoms with Crippen LogP contribution in [0.15, 0.2) is 36.8 Å². The number of rotatable bonds is 2. The first-order chi connectivity index (χ1) is 6.81. The quantitative estimate of drug-likeness (QED) is 0.785. The molecule has 0 fully saturated rings. The smallest absolute Gasteiger partial charge is 0.116 e. The number of hydrogen-bond donors (Lipinski definition) is 1. The van der Waals surface area contributed by atoms with Crippen molar-refractivity contribution in [3.05, 3.63) is 36.8 Å². The van der Waals surface area contributed by atoms with Crippen LogP contribution < -0.4 is 0 Å². The Morgan fingerprint density at radius 2 is 2.29 bits per heavy atom. The monoisotopic (exact) mass is 188 g/mol. The first kappa shape index (κ1) is 8.81. The van der Waals surface area contributed by atoms with E-state index in [0.29, 0.717) is 0 Å². The number of benzene rings is 1. The molecule has 0 unspecified atom stereocenters. The minimum Gasteiger partial charge on any atom is -0.508 e. The molecule has 0 aliphatic rings. The Balaban J connectivity index is 2.49. The van der Waals surface area contributed by atoms with Gasteiger partial charge in [-0.05, 0) is 19.1 Å². The van der Waals surface area contributed by atoms with E-state index in [9.17, 15) is 5.11 Å². The summed E-state index contributed by atoms with van der Waals surface area (Å²) in [6.07, 6.45) is 3.59. The maximum atomic E-state index is 9.35. The predicted molar refractivity (Wildman–Crippen MR) is 55.0 cm³/mol. The Morgan fingerprint density at radius 3 is 3.00 bits per heavy atom. The summed E-state index contributed by atoms with van der Waals surface area (Å²) in [4.78, 5) is 4.08. The number of phenolic OH excluding ortho intramolecular Hbond substituents is 1. The summed E-state index contributed by atoms with van der Waals surface area (Å²) < 4.78 is 2.04. The third-order valence-electron chi connectivity index (χ3n) is 2.19. The van der Waals surface area contributed by atoms with Crippen LogP contribution in [0.1, 0.15) is 6.92 Å². The average Bonchev–Trinajstić information content (AvgIpc) is 2.65. The van der Waals surface area contributed by atoms with E-state index in [2.05, 4.69) is 11.9 Å². The minimum atomic E-state index is 0.284. The van der Waals surface area contributed by atoms with E-state index in [1.807, 2.05) is 16.7 Å². The third-order valence-corrected chi connectivity index (χ3v) is 2.19. The molecule has 1 heterocycles. The van der Waals surface area contributed by atoms with Gasteiger partial charge in [0.1, 0.15) is 5.75 Å². The van der Waals surface area contributed by atoms with Gasteiger partial charge in [0.05, 0.1) is 18.2 Å². The lowest BCUT2D eigenvalue weighted by molar-refractivity contribution is 0.475. The normalized spacial score (nSPS) is 10.4. The van der Waals surface area contributed by atoms with Gasteiger partial charge in [-0.1, -0.05) is 12.1 Å². The molecule has 72 valence electrons. The molecular formula is C11H12N2O. The zero-order chi connectivity index (χ0) is 9.97. The molecular weight excluding hydrogens is 176 g/mol. The maximum Gasteiger partial charge on any atom is 0.116 e. The van der Waals surface area contributed by atoms with Gasteiger partial charge in [0.25, 0.3) is 0 Å². The van der Waals surface area contributed by atoms with Gasteiger partial charge in [0.2, 0.25) is 0 Å². The molecule has 0 atom stereocenters. The van der Waals surface area contributed by atoms with Gasteiger partial charge in [-0.2, -0.15) is 0 Å². The van der Waals surface area contributed by atoms with Crippen LogP contribution in [0.25, 0.3) is 11.3 Å². The highest BCUT2D eigenvalue weighted by atomic mass is 16.3. The van der Waals surface area contributed by atoms with Crippen LogP contribution >= 0.6 is 0 Å². The zero-order valence-electron chi connectivity index (χ0n) is 8.01. The van der Waals surface area contributed by atoms with Gasteiger partial charge in [0, 0.05) is 12.1 Å². The highest BCUT2D eigenvalue weighted by molar-refractivity contribution is 5.60. The molecule has 1 aromatic heterocycles. The highest BCUT2D eigenvalue weighted by Gasteiger charge is 2.03. The maximum absolute atomic E-state index is 9.35. The van der Waals surface area contributed by atoms with Crippen LogP contribution in [0.5, 0.6) is 5.75 Å². The lowest BCUT2D eigenvalue weighted by atomic mass is 10.1. The van der Waals surface area contributed by atoms with E-state index < -0.39 is 0 Å². The van der Waals surface area contributed by atoms with Crippen LogP contribution in [0.3, 0.4) is 0 Å². The summed E-state index contributed by atoms with van der Waals surface area (Å²) in [6.45, 7) is 2.94. The van der Waals surface area contributed by atoms with Crippen molar-refractivity contribution < 1.29 is 5.11 Å². The minimum absolute atomic E-state index is 0.284. The highest BCUT2D eigenvalue weighted by Crippen LogP contribution is 2.22. The fourth-order valence-corrected chi connectivity index (χ4v) is 1.48. The van der Waals surface area contributed by atoms with Gasteiger partial charge >= 0.3 is 0 Å². The largest absolute Gasteiger partial charge is 0.508 e. The van der Waals surface area contributed by atoms with Crippen molar-refractivity contribution in [3.8, 4) is 17.0 Å². The summed E-state index contributed by atoms with van der Waals surface area (Å²) >= 11 is 0. The first-order valence-electron chi connectivity index (χ1n) is 4.61. The summed E-state index contributed by atoms with van der Waals surface area (Å²) in [5.41, 5.74) is 2.02. The number of aryl methyl sites for hydroxylation is 1. The van der Waals surface area contributed by atoms with Crippen molar-refractivity contribution in [1.29, 1.82) is 0 Å². The van der Waals surface area contributed by atoms with Crippen LogP contribution in [-0.2, 0) is 6.54 Å². The summed E-state index contributed by atoms with van der Waals surface area (Å²) in [7, 11) is 0. The molecule has 14 heavy (non-hydrogen) atoms. The zero-order valence-corrected chi connectivity index (χ0v) is 8.01. The van der Waals surface area contributed by atoms with Gasteiger partial charge in [-0.15, -0.1) is 0 Å². The molecule has 1 aromatic carbocycles. The molecule has 2 aromatic rings. The molecule has 0 aliphatic carbocycles. The molecule has 0 saturated heterocycles. The van der Waals surface area contributed by atoms with Crippen LogP contribution in [0.2, 0.25) is 0 Å². The Bertz CT molecular complexity index is 434. The lowest BCUT2D eigenvalue weighted by Crippen LogP contribution is -1.94. The van der Waals surface area contributed by atoms with Gasteiger partial charge in [-0.3, -0.25) is 0 Å². The second-order valence-electron chi connectivity index (χ2n) is 3.12. The molecule has 0 saturated carbocycles. The van der Waals surface area contributed by atoms with E-state index in [1.165, 1.54) is 0 Å². The van der Waals surface area contributed by atoms with Crippen molar-refractivity contribution in [2.45, 2.75) is 13.5 Å². The Morgan fingerprint density at radius 1 is 1.43 bits per heavy atom. The van der Waals surface area contributed by atoms with Gasteiger partial charge < -0.3 is 9.67 Å². The topological polar surface area (TPSA) is 38.0 Å². The predicted octanol–water partition coefficient (Wildman–Crippen LogP) is 2.28. The summed E-state index contributed by atoms with van der Waals surface area (Å²) in [6, 6.07) is 7.19. The molecule has 2 rings (SSSR count). The average molecular weight is 188 g/mol. The fraction of sp³-hybridized carbons (Fsp3) is 0.182. The van der Waals surface area contributed by atoms with E-state index in [4.69, 9.17) is 0 Å². The van der Waals surface area contributed by atoms with Crippen LogP contribution in [0, 0.1) is 0 Å². The Labute approximate surface area is 82.7 Å². The van der Waals surface area contributed by atoms with E-state index in [1.54, 1.807) is 24.7 Å². The van der Waals surface area contributed by atoms with E-state index in [0.717, 1.165) is 17.8 Å². The van der Waals surface area contributed by atoms with Crippen LogP contribution in [0.4, 0.5) is 0 Å². The number of nitrogens with zero attached hydrogens (tertiary/aromatic N) is 2. The molecule has 0 radical (unpaired) electrons. The molecule has 1 N–H and O–H groups in total. The summed E-state index contributed by atoms with van der Waals surface area (Å²) in [5, 5.41) is 9.35. The van der Waals surface area contributed by atoms with Gasteiger partial charge in [-0.25, -0.2) is 4.98 Å². The van der Waals surface area contributed by atoms with Crippen molar-refractivity contribution in [1.82, 2.24) is 9.55 Å². The Kier molecular flexibility index (Phi) is 2.23. The Hall–Kier alpha value is -1.77. The number of aromatic hydroxyl groups is 1. The molecule has 0 bridgehead atoms. The number of phenols is 1. The van der Waals surface area contributed by atoms with Gasteiger partial charge in [0.15, 0.2) is 0 Å². The first-order valence-corrected chi connectivity index (χ1v) is 4.61. The fourth-order valence-electron chi connectivity index (χ4n) is 1.48. The number of imidazole rings is 1.